The number of H-pyrrole nitrogens is 1. The predicted octanol–water partition coefficient (Wildman–Crippen LogP) is 4.12. The minimum atomic E-state index is -0.517. The highest BCUT2D eigenvalue weighted by Gasteiger charge is 2.26. The second-order valence-corrected chi connectivity index (χ2v) is 5.77. The van der Waals surface area contributed by atoms with Crippen LogP contribution in [-0.4, -0.2) is 17.6 Å². The Balaban J connectivity index is 1.93. The maximum atomic E-state index is 12.6. The number of hydrogen-bond acceptors (Lipinski definition) is 3. The summed E-state index contributed by atoms with van der Waals surface area (Å²) in [6.07, 6.45) is 1.89. The molecular weight excluding hydrogens is 300 g/mol. The van der Waals surface area contributed by atoms with Crippen molar-refractivity contribution < 1.29 is 9.53 Å². The molecule has 0 aliphatic rings. The van der Waals surface area contributed by atoms with E-state index in [1.807, 2.05) is 55.6 Å². The molecule has 0 aliphatic carbocycles. The molecule has 0 radical (unpaired) electrons. The van der Waals surface area contributed by atoms with Gasteiger partial charge >= 0.3 is 5.97 Å². The summed E-state index contributed by atoms with van der Waals surface area (Å²) in [6, 6.07) is 17.6. The van der Waals surface area contributed by atoms with Gasteiger partial charge in [-0.15, -0.1) is 0 Å². The normalized spacial score (nSPS) is 13.6. The van der Waals surface area contributed by atoms with Crippen LogP contribution in [0.1, 0.15) is 37.1 Å². The number of carbonyl (C=O) groups excluding carboxylic acids is 1. The Bertz CT molecular complexity index is 811. The molecule has 1 heterocycles. The van der Waals surface area contributed by atoms with E-state index in [2.05, 4.69) is 29.4 Å². The van der Waals surface area contributed by atoms with Gasteiger partial charge in [0, 0.05) is 28.7 Å². The lowest BCUT2D eigenvalue weighted by molar-refractivity contribution is -0.146. The van der Waals surface area contributed by atoms with Gasteiger partial charge in [0.05, 0.1) is 6.61 Å². The predicted molar refractivity (Wildman–Crippen MR) is 95.7 cm³/mol. The number of aromatic nitrogens is 1. The second kappa shape index (κ2) is 7.32. The van der Waals surface area contributed by atoms with Gasteiger partial charge in [-0.25, -0.2) is 4.79 Å². The van der Waals surface area contributed by atoms with Crippen LogP contribution in [0.3, 0.4) is 0 Å². The third-order valence-corrected chi connectivity index (χ3v) is 4.17. The first kappa shape index (κ1) is 16.3. The van der Waals surface area contributed by atoms with Crippen LogP contribution in [0.2, 0.25) is 0 Å². The number of hydrogen-bond donors (Lipinski definition) is 2. The number of benzene rings is 2. The van der Waals surface area contributed by atoms with Crippen molar-refractivity contribution in [1.82, 2.24) is 10.3 Å². The van der Waals surface area contributed by atoms with Crippen molar-refractivity contribution in [3.05, 3.63) is 71.9 Å². The summed E-state index contributed by atoms with van der Waals surface area (Å²) in [5.74, 6) is -0.259. The SMILES string of the molecule is CCOC(=O)C(N[C@H](C)c1ccccc1)c1c[nH]c2ccccc12. The first-order valence-electron chi connectivity index (χ1n) is 8.24. The van der Waals surface area contributed by atoms with E-state index in [1.54, 1.807) is 0 Å². The van der Waals surface area contributed by atoms with E-state index in [1.165, 1.54) is 0 Å². The van der Waals surface area contributed by atoms with Crippen molar-refractivity contribution in [2.24, 2.45) is 0 Å². The van der Waals surface area contributed by atoms with E-state index in [9.17, 15) is 4.79 Å². The monoisotopic (exact) mass is 322 g/mol. The molecular formula is C20H22N2O2. The van der Waals surface area contributed by atoms with E-state index in [4.69, 9.17) is 4.74 Å². The molecule has 0 saturated heterocycles. The molecule has 3 aromatic rings. The molecule has 4 nitrogen and oxygen atoms in total. The van der Waals surface area contributed by atoms with Crippen molar-refractivity contribution >= 4 is 16.9 Å². The van der Waals surface area contributed by atoms with Crippen LogP contribution in [-0.2, 0) is 9.53 Å². The van der Waals surface area contributed by atoms with Crippen molar-refractivity contribution in [3.8, 4) is 0 Å². The molecule has 0 bridgehead atoms. The third-order valence-electron chi connectivity index (χ3n) is 4.17. The zero-order valence-corrected chi connectivity index (χ0v) is 14.0. The maximum absolute atomic E-state index is 12.6. The Morgan fingerprint density at radius 1 is 1.12 bits per heavy atom. The van der Waals surface area contributed by atoms with Crippen molar-refractivity contribution in [2.75, 3.05) is 6.61 Å². The molecule has 1 unspecified atom stereocenters. The molecule has 2 aromatic carbocycles. The van der Waals surface area contributed by atoms with Crippen molar-refractivity contribution in [2.45, 2.75) is 25.9 Å². The molecule has 24 heavy (non-hydrogen) atoms. The van der Waals surface area contributed by atoms with Crippen molar-refractivity contribution in [1.29, 1.82) is 0 Å². The highest BCUT2D eigenvalue weighted by molar-refractivity contribution is 5.89. The topological polar surface area (TPSA) is 54.1 Å². The van der Waals surface area contributed by atoms with Crippen molar-refractivity contribution in [3.63, 3.8) is 0 Å². The summed E-state index contributed by atoms with van der Waals surface area (Å²) in [6.45, 7) is 4.24. The number of fused-ring (bicyclic) bond motifs is 1. The van der Waals surface area contributed by atoms with Gasteiger partial charge in [0.2, 0.25) is 0 Å². The first-order chi connectivity index (χ1) is 11.7. The number of aromatic amines is 1. The van der Waals surface area contributed by atoms with E-state index in [0.717, 1.165) is 22.0 Å². The maximum Gasteiger partial charge on any atom is 0.327 e. The van der Waals surface area contributed by atoms with Gasteiger partial charge in [0.15, 0.2) is 0 Å². The van der Waals surface area contributed by atoms with Gasteiger partial charge in [0.25, 0.3) is 0 Å². The molecule has 1 aromatic heterocycles. The molecule has 0 fully saturated rings. The fraction of sp³-hybridized carbons (Fsp3) is 0.250. The van der Waals surface area contributed by atoms with Crippen LogP contribution in [0.25, 0.3) is 10.9 Å². The fourth-order valence-corrected chi connectivity index (χ4v) is 2.93. The Kier molecular flexibility index (Phi) is 4.96. The molecule has 0 amide bonds. The molecule has 0 spiro atoms. The lowest BCUT2D eigenvalue weighted by atomic mass is 10.0. The van der Waals surface area contributed by atoms with Gasteiger partial charge < -0.3 is 9.72 Å². The van der Waals surface area contributed by atoms with E-state index >= 15 is 0 Å². The van der Waals surface area contributed by atoms with Gasteiger partial charge in [-0.05, 0) is 25.5 Å². The van der Waals surface area contributed by atoms with Crippen LogP contribution in [0.15, 0.2) is 60.8 Å². The molecule has 3 rings (SSSR count). The number of ether oxygens (including phenoxy) is 1. The quantitative estimate of drug-likeness (QED) is 0.671. The molecule has 2 N–H and O–H groups in total. The summed E-state index contributed by atoms with van der Waals surface area (Å²) < 4.78 is 5.30. The molecule has 0 aliphatic heterocycles. The van der Waals surface area contributed by atoms with Gasteiger partial charge in [-0.2, -0.15) is 0 Å². The van der Waals surface area contributed by atoms with Crippen LogP contribution >= 0.6 is 0 Å². The number of nitrogens with one attached hydrogen (secondary N) is 2. The number of para-hydroxylation sites is 1. The lowest BCUT2D eigenvalue weighted by Crippen LogP contribution is -2.32. The summed E-state index contributed by atoms with van der Waals surface area (Å²) in [7, 11) is 0. The summed E-state index contributed by atoms with van der Waals surface area (Å²) >= 11 is 0. The minimum Gasteiger partial charge on any atom is -0.465 e. The van der Waals surface area contributed by atoms with Crippen LogP contribution < -0.4 is 5.32 Å². The van der Waals surface area contributed by atoms with Crippen LogP contribution in [0.4, 0.5) is 0 Å². The zero-order valence-electron chi connectivity index (χ0n) is 14.0. The molecule has 4 heteroatoms. The smallest absolute Gasteiger partial charge is 0.327 e. The van der Waals surface area contributed by atoms with Crippen LogP contribution in [0.5, 0.6) is 0 Å². The minimum absolute atomic E-state index is 0.0225. The Morgan fingerprint density at radius 3 is 2.58 bits per heavy atom. The van der Waals surface area contributed by atoms with E-state index in [-0.39, 0.29) is 12.0 Å². The lowest BCUT2D eigenvalue weighted by Gasteiger charge is -2.22. The van der Waals surface area contributed by atoms with E-state index < -0.39 is 6.04 Å². The van der Waals surface area contributed by atoms with Gasteiger partial charge in [-0.3, -0.25) is 5.32 Å². The molecule has 124 valence electrons. The molecule has 2 atom stereocenters. The van der Waals surface area contributed by atoms with E-state index in [0.29, 0.717) is 6.61 Å². The van der Waals surface area contributed by atoms with Gasteiger partial charge in [0.1, 0.15) is 6.04 Å². The number of rotatable bonds is 6. The fourth-order valence-electron chi connectivity index (χ4n) is 2.93. The summed E-state index contributed by atoms with van der Waals surface area (Å²) in [5.41, 5.74) is 3.05. The van der Waals surface area contributed by atoms with Gasteiger partial charge in [-0.1, -0.05) is 48.5 Å². The zero-order chi connectivity index (χ0) is 16.9. The Labute approximate surface area is 141 Å². The molecule has 0 saturated carbocycles. The summed E-state index contributed by atoms with van der Waals surface area (Å²) in [5, 5.41) is 4.45. The second-order valence-electron chi connectivity index (χ2n) is 5.77. The Hall–Kier alpha value is -2.59. The third kappa shape index (κ3) is 3.34. The highest BCUT2D eigenvalue weighted by Crippen LogP contribution is 2.27. The Morgan fingerprint density at radius 2 is 1.83 bits per heavy atom. The average molecular weight is 322 g/mol. The standard InChI is InChI=1S/C20H22N2O2/c1-3-24-20(23)19(22-14(2)15-9-5-4-6-10-15)17-13-21-18-12-8-7-11-16(17)18/h4-14,19,21-22H,3H2,1-2H3/t14-,19?/m1/s1. The average Bonchev–Trinajstić information content (AvgIpc) is 3.04. The largest absolute Gasteiger partial charge is 0.465 e. The highest BCUT2D eigenvalue weighted by atomic mass is 16.5. The first-order valence-corrected chi connectivity index (χ1v) is 8.24. The number of carbonyl (C=O) groups is 1. The number of esters is 1. The van der Waals surface area contributed by atoms with Crippen LogP contribution in [0, 0.1) is 0 Å². The summed E-state index contributed by atoms with van der Waals surface area (Å²) in [4.78, 5) is 15.8.